The third-order valence-corrected chi connectivity index (χ3v) is 4.11. The average molecular weight is 316 g/mol. The van der Waals surface area contributed by atoms with Crippen LogP contribution in [0.25, 0.3) is 0 Å². The number of aryl methyl sites for hydroxylation is 1. The highest BCUT2D eigenvalue weighted by atomic mass is 32.1. The van der Waals surface area contributed by atoms with Gasteiger partial charge in [-0.25, -0.2) is 0 Å². The number of benzene rings is 1. The molecule has 0 aliphatic carbocycles. The Balaban J connectivity index is 1.95. The Kier molecular flexibility index (Phi) is 5.39. The maximum atomic E-state index is 11.9. The van der Waals surface area contributed by atoms with E-state index in [1.165, 1.54) is 11.3 Å². The van der Waals surface area contributed by atoms with E-state index in [4.69, 9.17) is 14.7 Å². The Hall–Kier alpha value is -2.52. The first-order chi connectivity index (χ1) is 10.7. The monoisotopic (exact) mass is 316 g/mol. The van der Waals surface area contributed by atoms with Gasteiger partial charge in [0.05, 0.1) is 12.7 Å². The molecule has 2 rings (SSSR count). The third kappa shape index (κ3) is 3.99. The predicted octanol–water partition coefficient (Wildman–Crippen LogP) is 3.21. The molecule has 1 heterocycles. The molecule has 0 fully saturated rings. The van der Waals surface area contributed by atoms with Crippen molar-refractivity contribution in [1.82, 2.24) is 0 Å². The van der Waals surface area contributed by atoms with Crippen LogP contribution in [0.2, 0.25) is 0 Å². The summed E-state index contributed by atoms with van der Waals surface area (Å²) >= 11 is 1.41. The molecule has 0 aliphatic heterocycles. The maximum absolute atomic E-state index is 11.9. The van der Waals surface area contributed by atoms with E-state index in [-0.39, 0.29) is 12.5 Å². The third-order valence-electron chi connectivity index (χ3n) is 2.92. The molecule has 22 heavy (non-hydrogen) atoms. The molecule has 1 aromatic heterocycles. The number of hydrogen-bond donors (Lipinski definition) is 1. The molecule has 0 bridgehead atoms. The minimum Gasteiger partial charge on any atom is -0.497 e. The van der Waals surface area contributed by atoms with Crippen LogP contribution in [0, 0.1) is 11.3 Å². The SMILES string of the molecule is CCc1cc(C#N)c(NC(=O)COc2cccc(OC)c2)s1. The van der Waals surface area contributed by atoms with E-state index in [2.05, 4.69) is 11.4 Å². The average Bonchev–Trinajstić information content (AvgIpc) is 2.95. The Morgan fingerprint density at radius 3 is 2.82 bits per heavy atom. The van der Waals surface area contributed by atoms with Crippen molar-refractivity contribution in [1.29, 1.82) is 5.26 Å². The van der Waals surface area contributed by atoms with Crippen LogP contribution in [0.1, 0.15) is 17.4 Å². The molecule has 1 amide bonds. The number of carbonyl (C=O) groups excluding carboxylic acids is 1. The number of amides is 1. The minimum atomic E-state index is -0.302. The second-order valence-electron chi connectivity index (χ2n) is 4.44. The van der Waals surface area contributed by atoms with Crippen molar-refractivity contribution in [2.24, 2.45) is 0 Å². The molecule has 1 aromatic carbocycles. The van der Waals surface area contributed by atoms with Gasteiger partial charge in [0.25, 0.3) is 5.91 Å². The summed E-state index contributed by atoms with van der Waals surface area (Å²) in [5.74, 6) is 0.912. The standard InChI is InChI=1S/C16H16N2O3S/c1-3-14-7-11(9-17)16(22-14)18-15(19)10-21-13-6-4-5-12(8-13)20-2/h4-8H,3,10H2,1-2H3,(H,18,19). The van der Waals surface area contributed by atoms with Crippen molar-refractivity contribution >= 4 is 22.2 Å². The highest BCUT2D eigenvalue weighted by Gasteiger charge is 2.11. The van der Waals surface area contributed by atoms with E-state index in [1.807, 2.05) is 6.92 Å². The first-order valence-electron chi connectivity index (χ1n) is 6.75. The molecule has 2 aromatic rings. The van der Waals surface area contributed by atoms with Crippen LogP contribution in [0.15, 0.2) is 30.3 Å². The number of nitriles is 1. The summed E-state index contributed by atoms with van der Waals surface area (Å²) in [7, 11) is 1.57. The lowest BCUT2D eigenvalue weighted by Crippen LogP contribution is -2.20. The van der Waals surface area contributed by atoms with Gasteiger partial charge >= 0.3 is 0 Å². The van der Waals surface area contributed by atoms with Gasteiger partial charge in [0.15, 0.2) is 6.61 Å². The van der Waals surface area contributed by atoms with Gasteiger partial charge in [-0.15, -0.1) is 11.3 Å². The fourth-order valence-electron chi connectivity index (χ4n) is 1.79. The summed E-state index contributed by atoms with van der Waals surface area (Å²) in [5, 5.41) is 12.3. The Morgan fingerprint density at radius 2 is 2.14 bits per heavy atom. The summed E-state index contributed by atoms with van der Waals surface area (Å²) in [6, 6.07) is 10.9. The van der Waals surface area contributed by atoms with Crippen molar-refractivity contribution in [3.63, 3.8) is 0 Å². The van der Waals surface area contributed by atoms with Gasteiger partial charge in [0.1, 0.15) is 22.6 Å². The van der Waals surface area contributed by atoms with Crippen molar-refractivity contribution in [3.05, 3.63) is 40.8 Å². The molecule has 114 valence electrons. The number of hydrogen-bond acceptors (Lipinski definition) is 5. The van der Waals surface area contributed by atoms with Gasteiger partial charge in [-0.3, -0.25) is 4.79 Å². The lowest BCUT2D eigenvalue weighted by molar-refractivity contribution is -0.118. The van der Waals surface area contributed by atoms with Gasteiger partial charge in [-0.05, 0) is 24.6 Å². The predicted molar refractivity (Wildman–Crippen MR) is 85.5 cm³/mol. The molecule has 0 saturated heterocycles. The van der Waals surface area contributed by atoms with E-state index in [9.17, 15) is 4.79 Å². The fourth-order valence-corrected chi connectivity index (χ4v) is 2.76. The summed E-state index contributed by atoms with van der Waals surface area (Å²) in [6.07, 6.45) is 0.829. The largest absolute Gasteiger partial charge is 0.497 e. The van der Waals surface area contributed by atoms with Crippen LogP contribution in [-0.2, 0) is 11.2 Å². The van der Waals surface area contributed by atoms with Crippen molar-refractivity contribution in [2.45, 2.75) is 13.3 Å². The minimum absolute atomic E-state index is 0.128. The van der Waals surface area contributed by atoms with E-state index in [0.29, 0.717) is 22.1 Å². The smallest absolute Gasteiger partial charge is 0.262 e. The number of carbonyl (C=O) groups is 1. The zero-order valence-corrected chi connectivity index (χ0v) is 13.2. The molecule has 1 N–H and O–H groups in total. The van der Waals surface area contributed by atoms with Gasteiger partial charge in [-0.1, -0.05) is 13.0 Å². The van der Waals surface area contributed by atoms with Crippen LogP contribution in [-0.4, -0.2) is 19.6 Å². The molecule has 0 aliphatic rings. The fraction of sp³-hybridized carbons (Fsp3) is 0.250. The van der Waals surface area contributed by atoms with Crippen molar-refractivity contribution in [3.8, 4) is 17.6 Å². The number of nitrogens with one attached hydrogen (secondary N) is 1. The highest BCUT2D eigenvalue weighted by molar-refractivity contribution is 7.16. The highest BCUT2D eigenvalue weighted by Crippen LogP contribution is 2.28. The van der Waals surface area contributed by atoms with Crippen LogP contribution >= 0.6 is 11.3 Å². The second kappa shape index (κ2) is 7.48. The number of thiophene rings is 1. The topological polar surface area (TPSA) is 71.4 Å². The number of anilines is 1. The van der Waals surface area contributed by atoms with Crippen molar-refractivity contribution in [2.75, 3.05) is 19.0 Å². The molecular formula is C16H16N2O3S. The van der Waals surface area contributed by atoms with Crippen LogP contribution in [0.4, 0.5) is 5.00 Å². The first kappa shape index (κ1) is 15.9. The molecule has 0 saturated carbocycles. The van der Waals surface area contributed by atoms with E-state index < -0.39 is 0 Å². The van der Waals surface area contributed by atoms with E-state index in [0.717, 1.165) is 11.3 Å². The molecule has 0 atom stereocenters. The molecule has 0 radical (unpaired) electrons. The number of rotatable bonds is 6. The molecule has 6 heteroatoms. The normalized spacial score (nSPS) is 9.86. The Morgan fingerprint density at radius 1 is 1.36 bits per heavy atom. The number of ether oxygens (including phenoxy) is 2. The van der Waals surface area contributed by atoms with Gasteiger partial charge in [0, 0.05) is 10.9 Å². The lowest BCUT2D eigenvalue weighted by atomic mass is 10.3. The second-order valence-corrected chi connectivity index (χ2v) is 5.57. The number of methoxy groups -OCH3 is 1. The molecular weight excluding hydrogens is 300 g/mol. The van der Waals surface area contributed by atoms with Crippen LogP contribution in [0.5, 0.6) is 11.5 Å². The molecule has 0 unspecified atom stereocenters. The van der Waals surface area contributed by atoms with Crippen molar-refractivity contribution < 1.29 is 14.3 Å². The van der Waals surface area contributed by atoms with Gasteiger partial charge < -0.3 is 14.8 Å². The lowest BCUT2D eigenvalue weighted by Gasteiger charge is -2.07. The van der Waals surface area contributed by atoms with E-state index in [1.54, 1.807) is 37.4 Å². The zero-order valence-electron chi connectivity index (χ0n) is 12.4. The maximum Gasteiger partial charge on any atom is 0.262 e. The molecule has 5 nitrogen and oxygen atoms in total. The van der Waals surface area contributed by atoms with Gasteiger partial charge in [-0.2, -0.15) is 5.26 Å². The Labute approximate surface area is 133 Å². The summed E-state index contributed by atoms with van der Waals surface area (Å²) in [5.41, 5.74) is 0.483. The van der Waals surface area contributed by atoms with Gasteiger partial charge in [0.2, 0.25) is 0 Å². The van der Waals surface area contributed by atoms with Crippen LogP contribution in [0.3, 0.4) is 0 Å². The first-order valence-corrected chi connectivity index (χ1v) is 7.57. The summed E-state index contributed by atoms with van der Waals surface area (Å²) < 4.78 is 10.5. The number of nitrogens with zero attached hydrogens (tertiary/aromatic N) is 1. The quantitative estimate of drug-likeness (QED) is 0.888. The zero-order chi connectivity index (χ0) is 15.9. The molecule has 0 spiro atoms. The Bertz CT molecular complexity index is 704. The summed E-state index contributed by atoms with van der Waals surface area (Å²) in [6.45, 7) is 1.88. The van der Waals surface area contributed by atoms with E-state index >= 15 is 0 Å². The summed E-state index contributed by atoms with van der Waals surface area (Å²) in [4.78, 5) is 13.0. The van der Waals surface area contributed by atoms with Crippen LogP contribution < -0.4 is 14.8 Å².